The summed E-state index contributed by atoms with van der Waals surface area (Å²) >= 11 is 12.1. The molecule has 0 spiro atoms. The Labute approximate surface area is 109 Å². The van der Waals surface area contributed by atoms with Crippen molar-refractivity contribution in [1.82, 2.24) is 9.88 Å². The maximum atomic E-state index is 11.9. The number of carbonyl (C=O) groups is 1. The van der Waals surface area contributed by atoms with Gasteiger partial charge >= 0.3 is 0 Å². The van der Waals surface area contributed by atoms with Gasteiger partial charge in [-0.25, -0.2) is 0 Å². The van der Waals surface area contributed by atoms with Crippen molar-refractivity contribution in [3.8, 4) is 0 Å². The molecule has 17 heavy (non-hydrogen) atoms. The lowest BCUT2D eigenvalue weighted by molar-refractivity contribution is 0.0827. The number of fused-ring (bicyclic) bond motifs is 1. The Morgan fingerprint density at radius 2 is 2.00 bits per heavy atom. The van der Waals surface area contributed by atoms with Gasteiger partial charge in [0.15, 0.2) is 0 Å². The molecule has 0 saturated carbocycles. The fraction of sp³-hybridized carbons (Fsp3) is 0.167. The molecule has 0 aliphatic heterocycles. The van der Waals surface area contributed by atoms with Gasteiger partial charge < -0.3 is 4.90 Å². The second-order valence-corrected chi connectivity index (χ2v) is 4.66. The van der Waals surface area contributed by atoms with E-state index in [-0.39, 0.29) is 5.91 Å². The largest absolute Gasteiger partial charge is 0.345 e. The first kappa shape index (κ1) is 12.1. The van der Waals surface area contributed by atoms with Gasteiger partial charge in [-0.1, -0.05) is 23.2 Å². The van der Waals surface area contributed by atoms with Gasteiger partial charge in [0.25, 0.3) is 5.91 Å². The summed E-state index contributed by atoms with van der Waals surface area (Å²) in [5.74, 6) is -0.167. The van der Waals surface area contributed by atoms with Crippen LogP contribution < -0.4 is 0 Å². The Bertz CT molecular complexity index is 596. The van der Waals surface area contributed by atoms with E-state index >= 15 is 0 Å². The minimum absolute atomic E-state index is 0.167. The topological polar surface area (TPSA) is 33.2 Å². The first-order valence-corrected chi connectivity index (χ1v) is 5.71. The Balaban J connectivity index is 2.66. The monoisotopic (exact) mass is 268 g/mol. The quantitative estimate of drug-likeness (QED) is 0.796. The van der Waals surface area contributed by atoms with E-state index in [9.17, 15) is 4.79 Å². The zero-order valence-electron chi connectivity index (χ0n) is 9.37. The van der Waals surface area contributed by atoms with E-state index in [1.165, 1.54) is 11.1 Å². The number of pyridine rings is 1. The lowest BCUT2D eigenvalue weighted by atomic mass is 10.1. The van der Waals surface area contributed by atoms with Gasteiger partial charge in [-0.2, -0.15) is 0 Å². The Morgan fingerprint density at radius 1 is 1.29 bits per heavy atom. The number of halogens is 2. The van der Waals surface area contributed by atoms with E-state index in [4.69, 9.17) is 23.2 Å². The molecule has 5 heteroatoms. The molecular formula is C12H10Cl2N2O. The standard InChI is InChI=1S/C12H10Cl2N2O/c1-16(2)12(17)9-6-15-10-5-7(13)3-4-8(10)11(9)14/h3-6H,1-2H3. The van der Waals surface area contributed by atoms with Crippen LogP contribution in [0.3, 0.4) is 0 Å². The number of aromatic nitrogens is 1. The van der Waals surface area contributed by atoms with Crippen molar-refractivity contribution in [2.75, 3.05) is 14.1 Å². The van der Waals surface area contributed by atoms with Crippen molar-refractivity contribution in [2.24, 2.45) is 0 Å². The highest BCUT2D eigenvalue weighted by molar-refractivity contribution is 6.38. The highest BCUT2D eigenvalue weighted by atomic mass is 35.5. The normalized spacial score (nSPS) is 10.6. The molecule has 2 rings (SSSR count). The minimum atomic E-state index is -0.167. The van der Waals surface area contributed by atoms with E-state index < -0.39 is 0 Å². The van der Waals surface area contributed by atoms with E-state index in [0.717, 1.165) is 5.39 Å². The van der Waals surface area contributed by atoms with Crippen molar-refractivity contribution >= 4 is 40.0 Å². The van der Waals surface area contributed by atoms with Crippen LogP contribution >= 0.6 is 23.2 Å². The molecular weight excluding hydrogens is 259 g/mol. The second kappa shape index (κ2) is 4.51. The van der Waals surface area contributed by atoms with Crippen LogP contribution in [0.4, 0.5) is 0 Å². The number of nitrogens with zero attached hydrogens (tertiary/aromatic N) is 2. The highest BCUT2D eigenvalue weighted by Crippen LogP contribution is 2.28. The van der Waals surface area contributed by atoms with Crippen molar-refractivity contribution in [1.29, 1.82) is 0 Å². The van der Waals surface area contributed by atoms with Gasteiger partial charge in [-0.05, 0) is 18.2 Å². The number of benzene rings is 1. The lowest BCUT2D eigenvalue weighted by Crippen LogP contribution is -2.22. The smallest absolute Gasteiger partial charge is 0.256 e. The SMILES string of the molecule is CN(C)C(=O)c1cnc2cc(Cl)ccc2c1Cl. The van der Waals surface area contributed by atoms with Gasteiger partial charge in [0.2, 0.25) is 0 Å². The summed E-state index contributed by atoms with van der Waals surface area (Å²) in [5, 5.41) is 1.72. The first-order chi connectivity index (χ1) is 8.00. The molecule has 0 bridgehead atoms. The summed E-state index contributed by atoms with van der Waals surface area (Å²) in [6.45, 7) is 0. The molecule has 2 aromatic rings. The van der Waals surface area contributed by atoms with Crippen LogP contribution in [0, 0.1) is 0 Å². The van der Waals surface area contributed by atoms with Crippen LogP contribution in [0.2, 0.25) is 10.0 Å². The average Bonchev–Trinajstić information content (AvgIpc) is 2.28. The van der Waals surface area contributed by atoms with Crippen LogP contribution in [-0.2, 0) is 0 Å². The third-order valence-corrected chi connectivity index (χ3v) is 3.04. The molecule has 88 valence electrons. The van der Waals surface area contributed by atoms with Crippen LogP contribution in [-0.4, -0.2) is 29.9 Å². The average molecular weight is 269 g/mol. The Hall–Kier alpha value is -1.32. The van der Waals surface area contributed by atoms with Gasteiger partial charge in [-0.3, -0.25) is 9.78 Å². The minimum Gasteiger partial charge on any atom is -0.345 e. The molecule has 0 atom stereocenters. The summed E-state index contributed by atoms with van der Waals surface area (Å²) in [5.41, 5.74) is 1.07. The van der Waals surface area contributed by atoms with Gasteiger partial charge in [0, 0.05) is 30.7 Å². The van der Waals surface area contributed by atoms with Crippen molar-refractivity contribution in [3.63, 3.8) is 0 Å². The van der Waals surface area contributed by atoms with Crippen LogP contribution in [0.5, 0.6) is 0 Å². The van der Waals surface area contributed by atoms with Gasteiger partial charge in [-0.15, -0.1) is 0 Å². The molecule has 1 aromatic carbocycles. The molecule has 1 heterocycles. The molecule has 0 fully saturated rings. The Kier molecular flexibility index (Phi) is 3.22. The molecule has 0 aliphatic rings. The van der Waals surface area contributed by atoms with Crippen molar-refractivity contribution in [2.45, 2.75) is 0 Å². The van der Waals surface area contributed by atoms with Gasteiger partial charge in [0.05, 0.1) is 16.1 Å². The Morgan fingerprint density at radius 3 is 2.65 bits per heavy atom. The van der Waals surface area contributed by atoms with Crippen LogP contribution in [0.15, 0.2) is 24.4 Å². The van der Waals surface area contributed by atoms with Crippen LogP contribution in [0.25, 0.3) is 10.9 Å². The van der Waals surface area contributed by atoms with E-state index in [1.54, 1.807) is 32.3 Å². The number of carbonyl (C=O) groups excluding carboxylic acids is 1. The third kappa shape index (κ3) is 2.21. The predicted molar refractivity (Wildman–Crippen MR) is 69.8 cm³/mol. The first-order valence-electron chi connectivity index (χ1n) is 4.96. The molecule has 1 aromatic heterocycles. The molecule has 1 amide bonds. The summed E-state index contributed by atoms with van der Waals surface area (Å²) in [6.07, 6.45) is 1.48. The number of hydrogen-bond acceptors (Lipinski definition) is 2. The predicted octanol–water partition coefficient (Wildman–Crippen LogP) is 3.24. The summed E-state index contributed by atoms with van der Waals surface area (Å²) < 4.78 is 0. The molecule has 0 aliphatic carbocycles. The third-order valence-electron chi connectivity index (χ3n) is 2.40. The molecule has 3 nitrogen and oxygen atoms in total. The molecule has 0 N–H and O–H groups in total. The summed E-state index contributed by atoms with van der Waals surface area (Å²) in [6, 6.07) is 5.20. The summed E-state index contributed by atoms with van der Waals surface area (Å²) in [4.78, 5) is 17.5. The maximum Gasteiger partial charge on any atom is 0.256 e. The second-order valence-electron chi connectivity index (χ2n) is 3.85. The molecule has 0 radical (unpaired) electrons. The van der Waals surface area contributed by atoms with Crippen molar-refractivity contribution in [3.05, 3.63) is 40.0 Å². The zero-order chi connectivity index (χ0) is 12.6. The summed E-state index contributed by atoms with van der Waals surface area (Å²) in [7, 11) is 3.34. The van der Waals surface area contributed by atoms with Gasteiger partial charge in [0.1, 0.15) is 0 Å². The fourth-order valence-corrected chi connectivity index (χ4v) is 1.98. The zero-order valence-corrected chi connectivity index (χ0v) is 10.9. The van der Waals surface area contributed by atoms with E-state index in [1.807, 2.05) is 0 Å². The van der Waals surface area contributed by atoms with E-state index in [0.29, 0.717) is 21.1 Å². The fourth-order valence-electron chi connectivity index (χ4n) is 1.52. The molecule has 0 saturated heterocycles. The van der Waals surface area contributed by atoms with Crippen LogP contribution in [0.1, 0.15) is 10.4 Å². The number of hydrogen-bond donors (Lipinski definition) is 0. The van der Waals surface area contributed by atoms with E-state index in [2.05, 4.69) is 4.98 Å². The van der Waals surface area contributed by atoms with Crippen molar-refractivity contribution < 1.29 is 4.79 Å². The highest BCUT2D eigenvalue weighted by Gasteiger charge is 2.15. The number of amides is 1. The molecule has 0 unspecified atom stereocenters. The number of rotatable bonds is 1. The lowest BCUT2D eigenvalue weighted by Gasteiger charge is -2.12. The maximum absolute atomic E-state index is 11.9.